The minimum atomic E-state index is -0.881. The van der Waals surface area contributed by atoms with Gasteiger partial charge in [0.2, 0.25) is 0 Å². The molecule has 2 aliphatic rings. The highest BCUT2D eigenvalue weighted by Crippen LogP contribution is 2.63. The molecule has 0 radical (unpaired) electrons. The summed E-state index contributed by atoms with van der Waals surface area (Å²) in [4.78, 5) is 11.0. The number of aliphatic hydroxyl groups is 1. The van der Waals surface area contributed by atoms with Gasteiger partial charge in [-0.2, -0.15) is 0 Å². The molecule has 0 amide bonds. The van der Waals surface area contributed by atoms with Gasteiger partial charge in [0, 0.05) is 6.08 Å². The third kappa shape index (κ3) is 4.97. The number of fused-ring (bicyclic) bond motifs is 1. The number of carbonyl (C=O) groups is 1. The number of hydrogen-bond donors (Lipinski definition) is 2. The highest BCUT2D eigenvalue weighted by molar-refractivity contribution is 5.80. The Labute approximate surface area is 171 Å². The Morgan fingerprint density at radius 3 is 2.54 bits per heavy atom. The molecule has 0 aromatic rings. The Hall–Kier alpha value is -1.35. The lowest BCUT2D eigenvalue weighted by molar-refractivity contribution is -0.131. The van der Waals surface area contributed by atoms with Crippen LogP contribution in [0.15, 0.2) is 35.5 Å². The number of aliphatic hydroxyl groups excluding tert-OH is 1. The van der Waals surface area contributed by atoms with Gasteiger partial charge in [-0.1, -0.05) is 44.1 Å². The summed E-state index contributed by atoms with van der Waals surface area (Å²) in [5.74, 6) is -0.149. The quantitative estimate of drug-likeness (QED) is 0.398. The lowest BCUT2D eigenvalue weighted by Gasteiger charge is -2.60. The van der Waals surface area contributed by atoms with Crippen LogP contribution < -0.4 is 0 Å². The molecular weight excluding hydrogens is 348 g/mol. The summed E-state index contributed by atoms with van der Waals surface area (Å²) < 4.78 is 0. The lowest BCUT2D eigenvalue weighted by Crippen LogP contribution is -2.53. The minimum absolute atomic E-state index is 0.137. The topological polar surface area (TPSA) is 57.5 Å². The molecule has 158 valence electrons. The zero-order valence-electron chi connectivity index (χ0n) is 18.6. The average Bonchev–Trinajstić information content (AvgIpc) is 2.56. The molecule has 2 aliphatic carbocycles. The molecule has 3 heteroatoms. The maximum absolute atomic E-state index is 11.0. The monoisotopic (exact) mass is 388 g/mol. The van der Waals surface area contributed by atoms with Crippen LogP contribution in [0, 0.1) is 22.7 Å². The number of aliphatic carboxylic acids is 1. The molecular formula is C25H40O3. The van der Waals surface area contributed by atoms with Gasteiger partial charge in [0.05, 0.1) is 6.10 Å². The van der Waals surface area contributed by atoms with E-state index in [9.17, 15) is 9.90 Å². The van der Waals surface area contributed by atoms with Crippen LogP contribution in [-0.4, -0.2) is 22.3 Å². The van der Waals surface area contributed by atoms with Crippen LogP contribution in [-0.2, 0) is 4.79 Å². The normalized spacial score (nSPS) is 36.0. The molecule has 0 aromatic carbocycles. The van der Waals surface area contributed by atoms with E-state index in [4.69, 9.17) is 5.11 Å². The molecule has 0 aromatic heterocycles. The summed E-state index contributed by atoms with van der Waals surface area (Å²) in [6.07, 6.45) is 11.6. The summed E-state index contributed by atoms with van der Waals surface area (Å²) in [6.45, 7) is 15.3. The molecule has 0 aliphatic heterocycles. The standard InChI is InChI=1S/C25H40O3/c1-17(2)9-7-12-24(5)13-8-14-25(6)20(11-10-18(3)15-23(27)28)19(4)21(26)16-22(24)25/h9,15,20-22,26H,4,7-8,10-14,16H2,1-3,5-6H3,(H,27,28)/b18-15+/t20-,21+,22-,24-,25+/m1/s1. The van der Waals surface area contributed by atoms with E-state index in [0.29, 0.717) is 5.92 Å². The molecule has 28 heavy (non-hydrogen) atoms. The van der Waals surface area contributed by atoms with Crippen molar-refractivity contribution in [1.29, 1.82) is 0 Å². The Kier molecular flexibility index (Phi) is 7.36. The van der Waals surface area contributed by atoms with Gasteiger partial charge >= 0.3 is 5.97 Å². The molecule has 0 heterocycles. The summed E-state index contributed by atoms with van der Waals surface area (Å²) in [5.41, 5.74) is 3.61. The Bertz CT molecular complexity index is 655. The van der Waals surface area contributed by atoms with Crippen LogP contribution in [0.5, 0.6) is 0 Å². The fourth-order valence-electron chi connectivity index (χ4n) is 6.18. The highest BCUT2D eigenvalue weighted by atomic mass is 16.4. The van der Waals surface area contributed by atoms with Gasteiger partial charge in [0.15, 0.2) is 0 Å². The van der Waals surface area contributed by atoms with Gasteiger partial charge in [-0.15, -0.1) is 0 Å². The average molecular weight is 389 g/mol. The van der Waals surface area contributed by atoms with Crippen molar-refractivity contribution in [2.75, 3.05) is 0 Å². The number of carboxylic acid groups (broad SMARTS) is 1. The molecule has 2 N–H and O–H groups in total. The Morgan fingerprint density at radius 2 is 1.93 bits per heavy atom. The van der Waals surface area contributed by atoms with E-state index in [0.717, 1.165) is 36.8 Å². The van der Waals surface area contributed by atoms with Crippen molar-refractivity contribution in [2.45, 2.75) is 92.1 Å². The molecule has 0 unspecified atom stereocenters. The second kappa shape index (κ2) is 8.98. The second-order valence-corrected chi connectivity index (χ2v) is 10.1. The van der Waals surface area contributed by atoms with E-state index in [1.165, 1.54) is 37.3 Å². The lowest BCUT2D eigenvalue weighted by atomic mass is 9.45. The van der Waals surface area contributed by atoms with Crippen LogP contribution >= 0.6 is 0 Å². The molecule has 0 spiro atoms. The van der Waals surface area contributed by atoms with Crippen molar-refractivity contribution in [2.24, 2.45) is 22.7 Å². The highest BCUT2D eigenvalue weighted by Gasteiger charge is 2.55. The van der Waals surface area contributed by atoms with Gasteiger partial charge in [0.25, 0.3) is 0 Å². The van der Waals surface area contributed by atoms with Crippen molar-refractivity contribution in [3.8, 4) is 0 Å². The summed E-state index contributed by atoms with van der Waals surface area (Å²) in [6, 6.07) is 0. The van der Waals surface area contributed by atoms with Crippen LogP contribution in [0.2, 0.25) is 0 Å². The summed E-state index contributed by atoms with van der Waals surface area (Å²) >= 11 is 0. The first kappa shape index (κ1) is 22.9. The van der Waals surface area contributed by atoms with Crippen LogP contribution in [0.1, 0.15) is 86.0 Å². The van der Waals surface area contributed by atoms with E-state index < -0.39 is 12.1 Å². The Morgan fingerprint density at radius 1 is 1.25 bits per heavy atom. The van der Waals surface area contributed by atoms with Gasteiger partial charge in [-0.05, 0) is 94.0 Å². The summed E-state index contributed by atoms with van der Waals surface area (Å²) in [7, 11) is 0. The van der Waals surface area contributed by atoms with E-state index >= 15 is 0 Å². The fourth-order valence-corrected chi connectivity index (χ4v) is 6.18. The molecule has 3 nitrogen and oxygen atoms in total. The van der Waals surface area contributed by atoms with Gasteiger partial charge < -0.3 is 10.2 Å². The number of hydrogen-bond acceptors (Lipinski definition) is 2. The van der Waals surface area contributed by atoms with Gasteiger partial charge in [-0.3, -0.25) is 0 Å². The summed E-state index contributed by atoms with van der Waals surface area (Å²) in [5, 5.41) is 19.8. The third-order valence-electron chi connectivity index (χ3n) is 7.70. The fraction of sp³-hybridized carbons (Fsp3) is 0.720. The maximum Gasteiger partial charge on any atom is 0.328 e. The first-order chi connectivity index (χ1) is 13.0. The second-order valence-electron chi connectivity index (χ2n) is 10.1. The van der Waals surface area contributed by atoms with Gasteiger partial charge in [-0.25, -0.2) is 4.79 Å². The van der Waals surface area contributed by atoms with Crippen LogP contribution in [0.4, 0.5) is 0 Å². The smallest absolute Gasteiger partial charge is 0.328 e. The minimum Gasteiger partial charge on any atom is -0.478 e. The largest absolute Gasteiger partial charge is 0.478 e. The Balaban J connectivity index is 2.26. The van der Waals surface area contributed by atoms with E-state index in [1.807, 2.05) is 6.92 Å². The molecule has 2 fully saturated rings. The molecule has 0 saturated heterocycles. The maximum atomic E-state index is 11.0. The van der Waals surface area contributed by atoms with Gasteiger partial charge in [0.1, 0.15) is 0 Å². The zero-order chi connectivity index (χ0) is 21.1. The first-order valence-electron chi connectivity index (χ1n) is 10.9. The van der Waals surface area contributed by atoms with E-state index in [1.54, 1.807) is 0 Å². The molecule has 2 saturated carbocycles. The predicted molar refractivity (Wildman–Crippen MR) is 116 cm³/mol. The van der Waals surface area contributed by atoms with E-state index in [-0.39, 0.29) is 16.7 Å². The zero-order valence-corrected chi connectivity index (χ0v) is 18.6. The first-order valence-corrected chi connectivity index (χ1v) is 10.9. The SMILES string of the molecule is C=C1[C@@H](CC/C(C)=C/C(=O)O)[C@]2(C)CCC[C@@](C)(CCC=C(C)C)[C@H]2C[C@@H]1O. The van der Waals surface area contributed by atoms with Crippen molar-refractivity contribution in [3.05, 3.63) is 35.5 Å². The molecule has 0 bridgehead atoms. The molecule has 5 atom stereocenters. The van der Waals surface area contributed by atoms with Crippen molar-refractivity contribution < 1.29 is 15.0 Å². The van der Waals surface area contributed by atoms with Crippen molar-refractivity contribution in [1.82, 2.24) is 0 Å². The van der Waals surface area contributed by atoms with Crippen LogP contribution in [0.25, 0.3) is 0 Å². The van der Waals surface area contributed by atoms with Crippen LogP contribution in [0.3, 0.4) is 0 Å². The number of rotatable bonds is 7. The number of carboxylic acids is 1. The predicted octanol–water partition coefficient (Wildman–Crippen LogP) is 6.29. The number of allylic oxidation sites excluding steroid dienone is 3. The van der Waals surface area contributed by atoms with Crippen molar-refractivity contribution >= 4 is 5.97 Å². The van der Waals surface area contributed by atoms with E-state index in [2.05, 4.69) is 40.3 Å². The molecule has 2 rings (SSSR count). The van der Waals surface area contributed by atoms with Crippen molar-refractivity contribution in [3.63, 3.8) is 0 Å². The third-order valence-corrected chi connectivity index (χ3v) is 7.70.